The Hall–Kier alpha value is -1.33. The second kappa shape index (κ2) is 2.58. The van der Waals surface area contributed by atoms with Crippen molar-refractivity contribution in [1.29, 1.82) is 0 Å². The summed E-state index contributed by atoms with van der Waals surface area (Å²) in [7, 11) is -3.62. The summed E-state index contributed by atoms with van der Waals surface area (Å²) in [6, 6.07) is 6.63. The maximum absolute atomic E-state index is 11.1. The number of nitrogens with one attached hydrogen (secondary N) is 1. The van der Waals surface area contributed by atoms with Crippen LogP contribution in [0.4, 0.5) is 0 Å². The van der Waals surface area contributed by atoms with Crippen LogP contribution in [0.15, 0.2) is 35.4 Å². The van der Waals surface area contributed by atoms with Crippen LogP contribution in [-0.4, -0.2) is 13.4 Å². The van der Waals surface area contributed by atoms with Gasteiger partial charge in [0.2, 0.25) is 10.0 Å². The van der Waals surface area contributed by atoms with Crippen LogP contribution in [-0.2, 0) is 10.0 Å². The van der Waals surface area contributed by atoms with Crippen LogP contribution in [0.25, 0.3) is 10.9 Å². The van der Waals surface area contributed by atoms with Gasteiger partial charge in [0.15, 0.2) is 0 Å². The molecule has 0 bridgehead atoms. The van der Waals surface area contributed by atoms with E-state index in [2.05, 4.69) is 4.98 Å². The standard InChI is InChI=1S/C8H8N2O2S/c9-13(11,12)8-3-1-2-7-6(8)4-5-10-7/h1-5,10H,(H2,9,11,12). The Morgan fingerprint density at radius 2 is 2.00 bits per heavy atom. The molecule has 68 valence electrons. The second-order valence-corrected chi connectivity index (χ2v) is 4.27. The molecule has 4 nitrogen and oxygen atoms in total. The van der Waals surface area contributed by atoms with Crippen molar-refractivity contribution in [2.24, 2.45) is 5.14 Å². The number of sulfonamides is 1. The number of primary sulfonamides is 1. The normalized spacial score (nSPS) is 12.1. The molecule has 0 aliphatic heterocycles. The number of aromatic nitrogens is 1. The highest BCUT2D eigenvalue weighted by Crippen LogP contribution is 2.20. The van der Waals surface area contributed by atoms with E-state index in [0.717, 1.165) is 5.52 Å². The second-order valence-electron chi connectivity index (χ2n) is 2.74. The van der Waals surface area contributed by atoms with Gasteiger partial charge in [0, 0.05) is 17.1 Å². The smallest absolute Gasteiger partial charge is 0.238 e. The van der Waals surface area contributed by atoms with E-state index >= 15 is 0 Å². The predicted molar refractivity (Wildman–Crippen MR) is 49.7 cm³/mol. The number of hydrogen-bond acceptors (Lipinski definition) is 2. The van der Waals surface area contributed by atoms with Crippen LogP contribution in [0.3, 0.4) is 0 Å². The van der Waals surface area contributed by atoms with Crippen molar-refractivity contribution in [2.75, 3.05) is 0 Å². The summed E-state index contributed by atoms with van der Waals surface area (Å²) in [4.78, 5) is 3.07. The first-order valence-corrected chi connectivity index (χ1v) is 5.22. The number of benzene rings is 1. The summed E-state index contributed by atoms with van der Waals surface area (Å²) in [5.74, 6) is 0. The Bertz CT molecular complexity index is 542. The van der Waals surface area contributed by atoms with Crippen molar-refractivity contribution >= 4 is 20.9 Å². The Morgan fingerprint density at radius 3 is 2.69 bits per heavy atom. The molecule has 0 saturated heterocycles. The van der Waals surface area contributed by atoms with Crippen LogP contribution in [0.1, 0.15) is 0 Å². The van der Waals surface area contributed by atoms with E-state index in [9.17, 15) is 8.42 Å². The van der Waals surface area contributed by atoms with Gasteiger partial charge in [0.05, 0.1) is 4.90 Å². The highest BCUT2D eigenvalue weighted by Gasteiger charge is 2.11. The molecule has 0 atom stereocenters. The van der Waals surface area contributed by atoms with Gasteiger partial charge in [-0.15, -0.1) is 0 Å². The number of rotatable bonds is 1. The van der Waals surface area contributed by atoms with Gasteiger partial charge in [-0.25, -0.2) is 13.6 Å². The first kappa shape index (κ1) is 8.28. The highest BCUT2D eigenvalue weighted by atomic mass is 32.2. The van der Waals surface area contributed by atoms with Crippen molar-refractivity contribution in [1.82, 2.24) is 4.98 Å². The lowest BCUT2D eigenvalue weighted by Gasteiger charge is -1.98. The van der Waals surface area contributed by atoms with Gasteiger partial charge in [-0.3, -0.25) is 0 Å². The third-order valence-corrected chi connectivity index (χ3v) is 2.83. The van der Waals surface area contributed by atoms with Crippen LogP contribution in [0, 0.1) is 0 Å². The van der Waals surface area contributed by atoms with E-state index in [0.29, 0.717) is 5.39 Å². The summed E-state index contributed by atoms with van der Waals surface area (Å²) in [5, 5.41) is 5.67. The zero-order chi connectivity index (χ0) is 9.47. The van der Waals surface area contributed by atoms with Gasteiger partial charge in [-0.2, -0.15) is 0 Å². The monoisotopic (exact) mass is 196 g/mol. The minimum Gasteiger partial charge on any atom is -0.361 e. The highest BCUT2D eigenvalue weighted by molar-refractivity contribution is 7.89. The molecule has 1 aromatic carbocycles. The molecule has 2 rings (SSSR count). The van der Waals surface area contributed by atoms with Crippen LogP contribution in [0.5, 0.6) is 0 Å². The lowest BCUT2D eigenvalue weighted by molar-refractivity contribution is 0.598. The van der Waals surface area contributed by atoms with E-state index in [4.69, 9.17) is 5.14 Å². The minimum absolute atomic E-state index is 0.159. The van der Waals surface area contributed by atoms with Crippen LogP contribution < -0.4 is 5.14 Å². The number of nitrogens with two attached hydrogens (primary N) is 1. The minimum atomic E-state index is -3.62. The van der Waals surface area contributed by atoms with Gasteiger partial charge in [-0.1, -0.05) is 6.07 Å². The largest absolute Gasteiger partial charge is 0.361 e. The van der Waals surface area contributed by atoms with E-state index in [-0.39, 0.29) is 4.90 Å². The maximum atomic E-state index is 11.1. The van der Waals surface area contributed by atoms with E-state index in [1.54, 1.807) is 24.4 Å². The first-order valence-electron chi connectivity index (χ1n) is 3.68. The van der Waals surface area contributed by atoms with E-state index in [1.807, 2.05) is 0 Å². The van der Waals surface area contributed by atoms with E-state index in [1.165, 1.54) is 6.07 Å². The molecule has 1 heterocycles. The lowest BCUT2D eigenvalue weighted by Crippen LogP contribution is -2.12. The van der Waals surface area contributed by atoms with Crippen molar-refractivity contribution in [2.45, 2.75) is 4.90 Å². The molecule has 13 heavy (non-hydrogen) atoms. The zero-order valence-corrected chi connectivity index (χ0v) is 7.51. The molecule has 0 aliphatic carbocycles. The van der Waals surface area contributed by atoms with Crippen molar-refractivity contribution in [3.05, 3.63) is 30.5 Å². The Kier molecular flexibility index (Phi) is 1.64. The Balaban J connectivity index is 2.91. The molecule has 0 amide bonds. The molecule has 0 radical (unpaired) electrons. The number of H-pyrrole nitrogens is 1. The molecule has 2 aromatic rings. The SMILES string of the molecule is NS(=O)(=O)c1cccc2[nH]ccc12. The number of aromatic amines is 1. The lowest BCUT2D eigenvalue weighted by atomic mass is 10.2. The fourth-order valence-corrected chi connectivity index (χ4v) is 2.06. The van der Waals surface area contributed by atoms with Gasteiger partial charge in [-0.05, 0) is 18.2 Å². The van der Waals surface area contributed by atoms with Gasteiger partial charge < -0.3 is 4.98 Å². The van der Waals surface area contributed by atoms with Gasteiger partial charge in [0.25, 0.3) is 0 Å². The Morgan fingerprint density at radius 1 is 1.23 bits per heavy atom. The summed E-state index contributed by atoms with van der Waals surface area (Å²) in [5.41, 5.74) is 0.770. The quantitative estimate of drug-likeness (QED) is 0.708. The third-order valence-electron chi connectivity index (χ3n) is 1.86. The molecule has 1 aromatic heterocycles. The third kappa shape index (κ3) is 1.32. The van der Waals surface area contributed by atoms with Crippen LogP contribution >= 0.6 is 0 Å². The molecule has 0 spiro atoms. The summed E-state index contributed by atoms with van der Waals surface area (Å²) >= 11 is 0. The summed E-state index contributed by atoms with van der Waals surface area (Å²) < 4.78 is 22.2. The first-order chi connectivity index (χ1) is 6.09. The molecule has 3 N–H and O–H groups in total. The molecule has 0 unspecified atom stereocenters. The molecule has 0 saturated carbocycles. The van der Waals surface area contributed by atoms with Gasteiger partial charge >= 0.3 is 0 Å². The molecule has 0 aliphatic rings. The van der Waals surface area contributed by atoms with Crippen LogP contribution in [0.2, 0.25) is 0 Å². The topological polar surface area (TPSA) is 76.0 Å². The number of fused-ring (bicyclic) bond motifs is 1. The molecular formula is C8H8N2O2S. The number of hydrogen-bond donors (Lipinski definition) is 2. The average Bonchev–Trinajstić information content (AvgIpc) is 2.48. The fourth-order valence-electron chi connectivity index (χ4n) is 1.30. The molecule has 0 fully saturated rings. The van der Waals surface area contributed by atoms with E-state index < -0.39 is 10.0 Å². The Labute approximate surface area is 75.4 Å². The zero-order valence-electron chi connectivity index (χ0n) is 6.69. The molecular weight excluding hydrogens is 188 g/mol. The van der Waals surface area contributed by atoms with Crippen molar-refractivity contribution < 1.29 is 8.42 Å². The average molecular weight is 196 g/mol. The van der Waals surface area contributed by atoms with Crippen molar-refractivity contribution in [3.8, 4) is 0 Å². The predicted octanol–water partition coefficient (Wildman–Crippen LogP) is 0.815. The maximum Gasteiger partial charge on any atom is 0.238 e. The summed E-state index contributed by atoms with van der Waals surface area (Å²) in [6.07, 6.45) is 1.68. The van der Waals surface area contributed by atoms with Crippen molar-refractivity contribution in [3.63, 3.8) is 0 Å². The fraction of sp³-hybridized carbons (Fsp3) is 0. The molecule has 5 heteroatoms. The van der Waals surface area contributed by atoms with Gasteiger partial charge in [0.1, 0.15) is 0 Å². The summed E-state index contributed by atoms with van der Waals surface area (Å²) in [6.45, 7) is 0.